The van der Waals surface area contributed by atoms with Crippen molar-refractivity contribution in [3.05, 3.63) is 11.9 Å². The molecule has 0 aromatic carbocycles. The molecule has 1 aromatic heterocycles. The van der Waals surface area contributed by atoms with Crippen LogP contribution in [0.2, 0.25) is 0 Å². The van der Waals surface area contributed by atoms with Crippen LogP contribution < -0.4 is 10.8 Å². The van der Waals surface area contributed by atoms with Crippen LogP contribution in [0.25, 0.3) is 0 Å². The molecular weight excluding hydrogens is 193 g/mol. The lowest BCUT2D eigenvalue weighted by Crippen LogP contribution is -2.31. The molecule has 1 aromatic rings. The van der Waals surface area contributed by atoms with Crippen LogP contribution in [0.15, 0.2) is 6.20 Å². The Kier molecular flexibility index (Phi) is 3.09. The highest BCUT2D eigenvalue weighted by Crippen LogP contribution is 2.16. The summed E-state index contributed by atoms with van der Waals surface area (Å²) in [6.07, 6.45) is 3.83. The fourth-order valence-electron chi connectivity index (χ4n) is 2.01. The summed E-state index contributed by atoms with van der Waals surface area (Å²) < 4.78 is 1.87. The predicted octanol–water partition coefficient (Wildman–Crippen LogP) is -1.20. The third-order valence-electron chi connectivity index (χ3n) is 2.92. The molecule has 5 nitrogen and oxygen atoms in total. The fourth-order valence-corrected chi connectivity index (χ4v) is 2.01. The maximum Gasteiger partial charge on any atom is 0.491 e. The molecule has 2 heterocycles. The van der Waals surface area contributed by atoms with Gasteiger partial charge in [-0.2, -0.15) is 5.10 Å². The summed E-state index contributed by atoms with van der Waals surface area (Å²) in [7, 11) is -1.42. The summed E-state index contributed by atoms with van der Waals surface area (Å²) in [6, 6.07) is 0.387. The minimum atomic E-state index is -1.42. The van der Waals surface area contributed by atoms with Crippen molar-refractivity contribution < 1.29 is 10.0 Å². The predicted molar refractivity (Wildman–Crippen MR) is 57.9 cm³/mol. The Labute approximate surface area is 89.3 Å². The van der Waals surface area contributed by atoms with Crippen LogP contribution in [0.3, 0.4) is 0 Å². The SMILES string of the molecule is Cc1nn(C2CCNCC2)cc1B(O)O. The van der Waals surface area contributed by atoms with Gasteiger partial charge in [-0.25, -0.2) is 0 Å². The smallest absolute Gasteiger partial charge is 0.423 e. The van der Waals surface area contributed by atoms with Crippen LogP contribution in [0.1, 0.15) is 24.6 Å². The summed E-state index contributed by atoms with van der Waals surface area (Å²) in [5.41, 5.74) is 1.21. The van der Waals surface area contributed by atoms with E-state index in [9.17, 15) is 0 Å². The monoisotopic (exact) mass is 209 g/mol. The molecule has 0 atom stereocenters. The lowest BCUT2D eigenvalue weighted by Gasteiger charge is -2.22. The Bertz CT molecular complexity index is 334. The number of nitrogens with zero attached hydrogens (tertiary/aromatic N) is 2. The van der Waals surface area contributed by atoms with Crippen molar-refractivity contribution in [3.8, 4) is 0 Å². The van der Waals surface area contributed by atoms with Crippen molar-refractivity contribution in [1.29, 1.82) is 0 Å². The molecule has 1 aliphatic rings. The number of rotatable bonds is 2. The first-order valence-corrected chi connectivity index (χ1v) is 5.31. The zero-order valence-corrected chi connectivity index (χ0v) is 8.85. The van der Waals surface area contributed by atoms with Gasteiger partial charge in [0.1, 0.15) is 0 Å². The van der Waals surface area contributed by atoms with Crippen molar-refractivity contribution in [2.24, 2.45) is 0 Å². The van der Waals surface area contributed by atoms with E-state index in [-0.39, 0.29) is 0 Å². The van der Waals surface area contributed by atoms with Gasteiger partial charge < -0.3 is 15.4 Å². The molecule has 0 aliphatic carbocycles. The fraction of sp³-hybridized carbons (Fsp3) is 0.667. The molecule has 0 saturated carbocycles. The number of nitrogens with one attached hydrogen (secondary N) is 1. The van der Waals surface area contributed by atoms with Gasteiger partial charge in [-0.3, -0.25) is 4.68 Å². The van der Waals surface area contributed by atoms with Crippen LogP contribution in [-0.2, 0) is 0 Å². The van der Waals surface area contributed by atoms with Gasteiger partial charge in [-0.1, -0.05) is 0 Å². The van der Waals surface area contributed by atoms with E-state index in [2.05, 4.69) is 10.4 Å². The average Bonchev–Trinajstić information content (AvgIpc) is 2.62. The Morgan fingerprint density at radius 3 is 2.67 bits per heavy atom. The molecule has 15 heavy (non-hydrogen) atoms. The number of hydrogen-bond donors (Lipinski definition) is 3. The minimum absolute atomic E-state index is 0.387. The molecule has 0 unspecified atom stereocenters. The summed E-state index contributed by atoms with van der Waals surface area (Å²) in [4.78, 5) is 0. The summed E-state index contributed by atoms with van der Waals surface area (Å²) in [6.45, 7) is 3.80. The molecule has 1 fully saturated rings. The molecular formula is C9H16BN3O2. The third-order valence-corrected chi connectivity index (χ3v) is 2.92. The van der Waals surface area contributed by atoms with Gasteiger partial charge in [0.25, 0.3) is 0 Å². The van der Waals surface area contributed by atoms with Crippen molar-refractivity contribution in [1.82, 2.24) is 15.1 Å². The maximum absolute atomic E-state index is 9.11. The molecule has 3 N–H and O–H groups in total. The highest BCUT2D eigenvalue weighted by molar-refractivity contribution is 6.59. The molecule has 1 aliphatic heterocycles. The molecule has 6 heteroatoms. The number of hydrogen-bond acceptors (Lipinski definition) is 4. The molecule has 1 saturated heterocycles. The van der Waals surface area contributed by atoms with Crippen molar-refractivity contribution in [2.45, 2.75) is 25.8 Å². The number of piperidine rings is 1. The van der Waals surface area contributed by atoms with Crippen LogP contribution in [0.4, 0.5) is 0 Å². The van der Waals surface area contributed by atoms with E-state index in [1.807, 2.05) is 4.68 Å². The van der Waals surface area contributed by atoms with Crippen molar-refractivity contribution >= 4 is 12.6 Å². The summed E-state index contributed by atoms with van der Waals surface area (Å²) >= 11 is 0. The third kappa shape index (κ3) is 2.22. The zero-order valence-electron chi connectivity index (χ0n) is 8.85. The van der Waals surface area contributed by atoms with Gasteiger partial charge in [-0.15, -0.1) is 0 Å². The zero-order chi connectivity index (χ0) is 10.8. The van der Waals surface area contributed by atoms with Gasteiger partial charge >= 0.3 is 7.12 Å². The van der Waals surface area contributed by atoms with Crippen LogP contribution in [-0.4, -0.2) is 40.0 Å². The molecule has 0 bridgehead atoms. The van der Waals surface area contributed by atoms with E-state index in [4.69, 9.17) is 10.0 Å². The first-order valence-electron chi connectivity index (χ1n) is 5.31. The van der Waals surface area contributed by atoms with Gasteiger partial charge in [0.05, 0.1) is 11.7 Å². The standard InChI is InChI=1S/C9H16BN3O2/c1-7-9(10(14)15)6-13(12-7)8-2-4-11-5-3-8/h6,8,11,14-15H,2-5H2,1H3. The van der Waals surface area contributed by atoms with E-state index in [1.165, 1.54) is 0 Å². The summed E-state index contributed by atoms with van der Waals surface area (Å²) in [5, 5.41) is 25.8. The Morgan fingerprint density at radius 2 is 2.13 bits per heavy atom. The maximum atomic E-state index is 9.11. The quantitative estimate of drug-likeness (QED) is 0.535. The Morgan fingerprint density at radius 1 is 1.47 bits per heavy atom. The van der Waals surface area contributed by atoms with Gasteiger partial charge in [0.15, 0.2) is 0 Å². The lowest BCUT2D eigenvalue weighted by molar-refractivity contribution is 0.342. The molecule has 0 spiro atoms. The molecule has 0 radical (unpaired) electrons. The summed E-state index contributed by atoms with van der Waals surface area (Å²) in [5.74, 6) is 0. The molecule has 2 rings (SSSR count). The van der Waals surface area contributed by atoms with E-state index in [0.29, 0.717) is 17.2 Å². The van der Waals surface area contributed by atoms with Gasteiger partial charge in [0, 0.05) is 11.7 Å². The second-order valence-electron chi connectivity index (χ2n) is 4.00. The van der Waals surface area contributed by atoms with Crippen LogP contribution in [0.5, 0.6) is 0 Å². The van der Waals surface area contributed by atoms with E-state index in [0.717, 1.165) is 25.9 Å². The highest BCUT2D eigenvalue weighted by Gasteiger charge is 2.21. The molecule has 82 valence electrons. The van der Waals surface area contributed by atoms with Crippen molar-refractivity contribution in [3.63, 3.8) is 0 Å². The lowest BCUT2D eigenvalue weighted by atomic mass is 9.81. The van der Waals surface area contributed by atoms with E-state index in [1.54, 1.807) is 13.1 Å². The minimum Gasteiger partial charge on any atom is -0.423 e. The van der Waals surface area contributed by atoms with Crippen molar-refractivity contribution in [2.75, 3.05) is 13.1 Å². The average molecular weight is 209 g/mol. The van der Waals surface area contributed by atoms with E-state index < -0.39 is 7.12 Å². The second-order valence-corrected chi connectivity index (χ2v) is 4.00. The number of aryl methyl sites for hydroxylation is 1. The number of aromatic nitrogens is 2. The van der Waals surface area contributed by atoms with Crippen LogP contribution in [0, 0.1) is 6.92 Å². The Hall–Kier alpha value is -0.845. The van der Waals surface area contributed by atoms with Gasteiger partial charge in [-0.05, 0) is 32.9 Å². The topological polar surface area (TPSA) is 70.3 Å². The first kappa shape index (κ1) is 10.7. The second kappa shape index (κ2) is 4.34. The van der Waals surface area contributed by atoms with Crippen LogP contribution >= 0.6 is 0 Å². The first-order chi connectivity index (χ1) is 7.18. The Balaban J connectivity index is 2.17. The largest absolute Gasteiger partial charge is 0.491 e. The van der Waals surface area contributed by atoms with E-state index >= 15 is 0 Å². The normalized spacial score (nSPS) is 18.1. The highest BCUT2D eigenvalue weighted by atomic mass is 16.4. The van der Waals surface area contributed by atoms with Gasteiger partial charge in [0.2, 0.25) is 0 Å². The molecule has 0 amide bonds.